The van der Waals surface area contributed by atoms with Crippen LogP contribution in [0.4, 0.5) is 10.5 Å². The molecule has 0 saturated carbocycles. The Bertz CT molecular complexity index is 958. The molecule has 1 saturated heterocycles. The van der Waals surface area contributed by atoms with Crippen molar-refractivity contribution in [1.29, 1.82) is 0 Å². The molecule has 2 aromatic carbocycles. The molecule has 1 aliphatic rings. The number of para-hydroxylation sites is 1. The summed E-state index contributed by atoms with van der Waals surface area (Å²) in [6, 6.07) is 16.6. The van der Waals surface area contributed by atoms with Crippen molar-refractivity contribution in [2.45, 2.75) is 45.8 Å². The minimum atomic E-state index is -0.544. The lowest BCUT2D eigenvalue weighted by atomic mass is 9.95. The van der Waals surface area contributed by atoms with E-state index in [1.54, 1.807) is 21.9 Å². The first-order valence-electron chi connectivity index (χ1n) is 11.2. The van der Waals surface area contributed by atoms with E-state index in [1.165, 1.54) is 7.11 Å². The number of rotatable bonds is 5. The average Bonchev–Trinajstić information content (AvgIpc) is 2.81. The van der Waals surface area contributed by atoms with Gasteiger partial charge < -0.3 is 19.3 Å². The van der Waals surface area contributed by atoms with Crippen LogP contribution < -0.4 is 4.90 Å². The zero-order chi connectivity index (χ0) is 24.0. The number of likely N-dealkylation sites (tertiary alicyclic amines) is 1. The first kappa shape index (κ1) is 24.3. The summed E-state index contributed by atoms with van der Waals surface area (Å²) < 4.78 is 10.2. The smallest absolute Gasteiger partial charge is 0.410 e. The molecule has 2 amide bonds. The predicted molar refractivity (Wildman–Crippen MR) is 126 cm³/mol. The number of esters is 1. The van der Waals surface area contributed by atoms with Crippen molar-refractivity contribution in [1.82, 2.24) is 4.90 Å². The summed E-state index contributed by atoms with van der Waals surface area (Å²) in [7, 11) is 1.35. The third kappa shape index (κ3) is 6.57. The Kier molecular flexibility index (Phi) is 7.74. The largest absolute Gasteiger partial charge is 0.465 e. The fraction of sp³-hybridized carbons (Fsp3) is 0.423. The van der Waals surface area contributed by atoms with Crippen LogP contribution in [0.1, 0.15) is 49.5 Å². The van der Waals surface area contributed by atoms with Gasteiger partial charge >= 0.3 is 12.1 Å². The molecular formula is C26H32N2O5. The molecule has 33 heavy (non-hydrogen) atoms. The average molecular weight is 453 g/mol. The Hall–Kier alpha value is -3.35. The van der Waals surface area contributed by atoms with Crippen LogP contribution in [0.2, 0.25) is 0 Å². The van der Waals surface area contributed by atoms with E-state index in [4.69, 9.17) is 9.47 Å². The van der Waals surface area contributed by atoms with Gasteiger partial charge in [-0.2, -0.15) is 0 Å². The van der Waals surface area contributed by atoms with Crippen molar-refractivity contribution in [2.75, 3.05) is 25.1 Å². The van der Waals surface area contributed by atoms with E-state index < -0.39 is 11.6 Å². The number of hydrogen-bond donors (Lipinski definition) is 0. The highest BCUT2D eigenvalue weighted by molar-refractivity contribution is 5.95. The van der Waals surface area contributed by atoms with Crippen molar-refractivity contribution in [3.8, 4) is 0 Å². The quantitative estimate of drug-likeness (QED) is 0.617. The predicted octanol–water partition coefficient (Wildman–Crippen LogP) is 4.65. The lowest BCUT2D eigenvalue weighted by molar-refractivity contribution is -0.124. The minimum absolute atomic E-state index is 0.0297. The Morgan fingerprint density at radius 2 is 1.58 bits per heavy atom. The van der Waals surface area contributed by atoms with E-state index in [0.29, 0.717) is 38.0 Å². The van der Waals surface area contributed by atoms with Crippen molar-refractivity contribution < 1.29 is 23.9 Å². The number of benzene rings is 2. The van der Waals surface area contributed by atoms with Gasteiger partial charge in [-0.3, -0.25) is 4.79 Å². The van der Waals surface area contributed by atoms with E-state index in [-0.39, 0.29) is 17.9 Å². The first-order valence-corrected chi connectivity index (χ1v) is 11.2. The second-order valence-electron chi connectivity index (χ2n) is 9.19. The summed E-state index contributed by atoms with van der Waals surface area (Å²) in [6.45, 7) is 6.89. The number of nitrogens with zero attached hydrogens (tertiary/aromatic N) is 2. The molecule has 0 aliphatic carbocycles. The monoisotopic (exact) mass is 452 g/mol. The molecule has 3 rings (SSSR count). The summed E-state index contributed by atoms with van der Waals surface area (Å²) in [6.07, 6.45) is 0.838. The molecule has 0 atom stereocenters. The lowest BCUT2D eigenvalue weighted by Gasteiger charge is -2.35. The van der Waals surface area contributed by atoms with Gasteiger partial charge in [-0.15, -0.1) is 0 Å². The standard InChI is InChI=1S/C26H32N2O5/c1-26(2,3)33-25(31)27-16-14-20(15-17-27)23(29)28(22-8-6-5-7-9-22)18-19-10-12-21(13-11-19)24(30)32-4/h5-13,20H,14-18H2,1-4H3. The number of methoxy groups -OCH3 is 1. The highest BCUT2D eigenvalue weighted by atomic mass is 16.6. The Morgan fingerprint density at radius 1 is 0.970 bits per heavy atom. The van der Waals surface area contributed by atoms with Gasteiger partial charge in [-0.05, 0) is 63.4 Å². The summed E-state index contributed by atoms with van der Waals surface area (Å²) in [5.41, 5.74) is 1.64. The number of amides is 2. The Balaban J connectivity index is 1.71. The maximum Gasteiger partial charge on any atom is 0.410 e. The number of anilines is 1. The molecule has 0 N–H and O–H groups in total. The summed E-state index contributed by atoms with van der Waals surface area (Å²) in [5.74, 6) is -0.547. The van der Waals surface area contributed by atoms with E-state index in [1.807, 2.05) is 63.2 Å². The molecular weight excluding hydrogens is 420 g/mol. The zero-order valence-corrected chi connectivity index (χ0v) is 19.7. The van der Waals surface area contributed by atoms with Crippen LogP contribution in [0.3, 0.4) is 0 Å². The third-order valence-corrected chi connectivity index (χ3v) is 5.55. The Morgan fingerprint density at radius 3 is 2.12 bits per heavy atom. The van der Waals surface area contributed by atoms with Crippen LogP contribution in [-0.2, 0) is 20.8 Å². The van der Waals surface area contributed by atoms with E-state index in [0.717, 1.165) is 11.3 Å². The van der Waals surface area contributed by atoms with E-state index in [9.17, 15) is 14.4 Å². The Labute approximate surface area is 195 Å². The molecule has 1 aliphatic heterocycles. The molecule has 176 valence electrons. The van der Waals surface area contributed by atoms with E-state index in [2.05, 4.69) is 0 Å². The molecule has 1 heterocycles. The number of hydrogen-bond acceptors (Lipinski definition) is 5. The van der Waals surface area contributed by atoms with Crippen molar-refractivity contribution in [3.05, 3.63) is 65.7 Å². The topological polar surface area (TPSA) is 76.2 Å². The second-order valence-corrected chi connectivity index (χ2v) is 9.19. The molecule has 2 aromatic rings. The third-order valence-electron chi connectivity index (χ3n) is 5.55. The van der Waals surface area contributed by atoms with Crippen molar-refractivity contribution in [2.24, 2.45) is 5.92 Å². The van der Waals surface area contributed by atoms with Crippen LogP contribution in [0, 0.1) is 5.92 Å². The first-order chi connectivity index (χ1) is 15.7. The summed E-state index contributed by atoms with van der Waals surface area (Å²) in [5, 5.41) is 0. The summed E-state index contributed by atoms with van der Waals surface area (Å²) in [4.78, 5) is 41.1. The van der Waals surface area contributed by atoms with Gasteiger partial charge in [0.15, 0.2) is 0 Å². The van der Waals surface area contributed by atoms with Gasteiger partial charge in [0.05, 0.1) is 19.2 Å². The van der Waals surface area contributed by atoms with Crippen molar-refractivity contribution >= 4 is 23.7 Å². The SMILES string of the molecule is COC(=O)c1ccc(CN(C(=O)C2CCN(C(=O)OC(C)(C)C)CC2)c2ccccc2)cc1. The molecule has 7 nitrogen and oxygen atoms in total. The maximum atomic E-state index is 13.5. The van der Waals surface area contributed by atoms with Gasteiger partial charge in [-0.25, -0.2) is 9.59 Å². The van der Waals surface area contributed by atoms with Gasteiger partial charge in [0, 0.05) is 24.7 Å². The fourth-order valence-corrected chi connectivity index (χ4v) is 3.81. The molecule has 1 fully saturated rings. The van der Waals surface area contributed by atoms with Crippen molar-refractivity contribution in [3.63, 3.8) is 0 Å². The highest BCUT2D eigenvalue weighted by Gasteiger charge is 2.32. The zero-order valence-electron chi connectivity index (χ0n) is 19.7. The fourth-order valence-electron chi connectivity index (χ4n) is 3.81. The number of ether oxygens (including phenoxy) is 2. The maximum absolute atomic E-state index is 13.5. The molecule has 0 unspecified atom stereocenters. The number of piperidine rings is 1. The molecule has 0 spiro atoms. The number of carbonyl (C=O) groups excluding carboxylic acids is 3. The van der Waals surface area contributed by atoms with Crippen LogP contribution >= 0.6 is 0 Å². The van der Waals surface area contributed by atoms with Crippen LogP contribution in [0.25, 0.3) is 0 Å². The molecule has 0 radical (unpaired) electrons. The van der Waals surface area contributed by atoms with Gasteiger partial charge in [-0.1, -0.05) is 30.3 Å². The van der Waals surface area contributed by atoms with Gasteiger partial charge in [0.25, 0.3) is 0 Å². The van der Waals surface area contributed by atoms with Crippen LogP contribution in [0.15, 0.2) is 54.6 Å². The van der Waals surface area contributed by atoms with Crippen LogP contribution in [0.5, 0.6) is 0 Å². The molecule has 0 bridgehead atoms. The van der Waals surface area contributed by atoms with Crippen LogP contribution in [-0.4, -0.2) is 48.7 Å². The number of carbonyl (C=O) groups is 3. The summed E-state index contributed by atoms with van der Waals surface area (Å²) >= 11 is 0. The normalized spacial score (nSPS) is 14.5. The molecule has 7 heteroatoms. The highest BCUT2D eigenvalue weighted by Crippen LogP contribution is 2.26. The second kappa shape index (κ2) is 10.5. The van der Waals surface area contributed by atoms with Gasteiger partial charge in [0.2, 0.25) is 5.91 Å². The van der Waals surface area contributed by atoms with Gasteiger partial charge in [0.1, 0.15) is 5.60 Å². The van der Waals surface area contributed by atoms with E-state index >= 15 is 0 Å². The minimum Gasteiger partial charge on any atom is -0.465 e. The molecule has 0 aromatic heterocycles. The lowest BCUT2D eigenvalue weighted by Crippen LogP contribution is -2.45.